The number of carbonyl (C=O) groups excluding carboxylic acids is 1. The van der Waals surface area contributed by atoms with Crippen LogP contribution in [0.15, 0.2) is 12.1 Å². The van der Waals surface area contributed by atoms with Crippen LogP contribution in [0.4, 0.5) is 0 Å². The van der Waals surface area contributed by atoms with E-state index >= 15 is 0 Å². The second-order valence-corrected chi connectivity index (χ2v) is 6.03. The van der Waals surface area contributed by atoms with E-state index in [1.54, 1.807) is 0 Å². The molecular formula is C17H28ClNO3. The molecule has 22 heavy (non-hydrogen) atoms. The van der Waals surface area contributed by atoms with Gasteiger partial charge in [-0.15, -0.1) is 12.4 Å². The van der Waals surface area contributed by atoms with Crippen molar-refractivity contribution in [3.8, 4) is 11.5 Å². The van der Waals surface area contributed by atoms with E-state index in [9.17, 15) is 4.79 Å². The molecule has 0 aliphatic rings. The molecule has 0 aliphatic heterocycles. The van der Waals surface area contributed by atoms with Crippen molar-refractivity contribution in [3.05, 3.63) is 23.3 Å². The average molecular weight is 330 g/mol. The van der Waals surface area contributed by atoms with Crippen LogP contribution >= 0.6 is 12.4 Å². The Morgan fingerprint density at radius 2 is 1.77 bits per heavy atom. The number of hydrogen-bond acceptors (Lipinski definition) is 4. The Labute approximate surface area is 140 Å². The minimum absolute atomic E-state index is 0. The van der Waals surface area contributed by atoms with Crippen molar-refractivity contribution >= 4 is 18.4 Å². The zero-order valence-electron chi connectivity index (χ0n) is 14.6. The fourth-order valence-corrected chi connectivity index (χ4v) is 1.88. The van der Waals surface area contributed by atoms with Crippen molar-refractivity contribution in [2.45, 2.75) is 46.6 Å². The van der Waals surface area contributed by atoms with Gasteiger partial charge in [0.2, 0.25) is 0 Å². The molecule has 4 nitrogen and oxygen atoms in total. The summed E-state index contributed by atoms with van der Waals surface area (Å²) in [5.74, 6) is 1.47. The van der Waals surface area contributed by atoms with E-state index in [1.165, 1.54) is 6.92 Å². The molecule has 5 heteroatoms. The van der Waals surface area contributed by atoms with Gasteiger partial charge in [0.05, 0.1) is 0 Å². The first-order valence-corrected chi connectivity index (χ1v) is 7.34. The molecule has 0 radical (unpaired) electrons. The minimum atomic E-state index is -0.303. The van der Waals surface area contributed by atoms with Gasteiger partial charge in [-0.2, -0.15) is 0 Å². The van der Waals surface area contributed by atoms with Gasteiger partial charge in [0.25, 0.3) is 0 Å². The molecule has 1 aromatic rings. The molecule has 0 saturated heterocycles. The summed E-state index contributed by atoms with van der Waals surface area (Å²) in [5.41, 5.74) is 1.96. The third kappa shape index (κ3) is 5.85. The first-order valence-electron chi connectivity index (χ1n) is 7.34. The van der Waals surface area contributed by atoms with Gasteiger partial charge in [-0.1, -0.05) is 13.8 Å². The molecule has 1 atom stereocenters. The molecule has 1 aromatic carbocycles. The van der Waals surface area contributed by atoms with E-state index in [-0.39, 0.29) is 18.4 Å². The van der Waals surface area contributed by atoms with Gasteiger partial charge in [-0.3, -0.25) is 4.79 Å². The summed E-state index contributed by atoms with van der Waals surface area (Å²) in [7, 11) is 4.07. The van der Waals surface area contributed by atoms with Gasteiger partial charge < -0.3 is 14.4 Å². The van der Waals surface area contributed by atoms with Crippen molar-refractivity contribution in [1.82, 2.24) is 4.90 Å². The fraction of sp³-hybridized carbons (Fsp3) is 0.588. The molecule has 0 heterocycles. The molecule has 0 aliphatic carbocycles. The van der Waals surface area contributed by atoms with Crippen molar-refractivity contribution < 1.29 is 14.3 Å². The molecule has 0 spiro atoms. The van der Waals surface area contributed by atoms with Gasteiger partial charge in [-0.05, 0) is 51.6 Å². The molecule has 1 unspecified atom stereocenters. The van der Waals surface area contributed by atoms with E-state index in [0.717, 1.165) is 16.9 Å². The monoisotopic (exact) mass is 329 g/mol. The van der Waals surface area contributed by atoms with Crippen LogP contribution in [0, 0.1) is 6.92 Å². The van der Waals surface area contributed by atoms with Gasteiger partial charge in [0, 0.05) is 18.5 Å². The van der Waals surface area contributed by atoms with E-state index < -0.39 is 0 Å². The quantitative estimate of drug-likeness (QED) is 0.588. The summed E-state index contributed by atoms with van der Waals surface area (Å²) >= 11 is 0. The normalized spacial score (nSPS) is 12.0. The van der Waals surface area contributed by atoms with Gasteiger partial charge in [0.1, 0.15) is 18.1 Å². The zero-order valence-corrected chi connectivity index (χ0v) is 15.4. The van der Waals surface area contributed by atoms with Crippen LogP contribution in [-0.2, 0) is 4.79 Å². The van der Waals surface area contributed by atoms with Crippen molar-refractivity contribution in [2.75, 3.05) is 20.7 Å². The Balaban J connectivity index is 0.00000441. The smallest absolute Gasteiger partial charge is 0.308 e. The second kappa shape index (κ2) is 9.01. The summed E-state index contributed by atoms with van der Waals surface area (Å²) in [4.78, 5) is 13.3. The van der Waals surface area contributed by atoms with Crippen LogP contribution in [0.5, 0.6) is 11.5 Å². The van der Waals surface area contributed by atoms with Gasteiger partial charge >= 0.3 is 5.97 Å². The number of hydrogen-bond donors (Lipinski definition) is 0. The zero-order chi connectivity index (χ0) is 16.2. The maximum atomic E-state index is 11.2. The first kappa shape index (κ1) is 20.7. The van der Waals surface area contributed by atoms with Crippen LogP contribution in [0.25, 0.3) is 0 Å². The van der Waals surface area contributed by atoms with Crippen molar-refractivity contribution in [2.24, 2.45) is 0 Å². The Hall–Kier alpha value is -1.26. The molecule has 0 fully saturated rings. The summed E-state index contributed by atoms with van der Waals surface area (Å²) in [6.45, 7) is 10.3. The summed E-state index contributed by atoms with van der Waals surface area (Å²) in [6.07, 6.45) is 0. The number of benzene rings is 1. The number of halogens is 1. The topological polar surface area (TPSA) is 38.8 Å². The van der Waals surface area contributed by atoms with Gasteiger partial charge in [-0.25, -0.2) is 0 Å². The molecule has 0 N–H and O–H groups in total. The number of likely N-dealkylation sites (N-methyl/N-ethyl adjacent to an activating group) is 1. The molecule has 0 bridgehead atoms. The molecule has 0 saturated carbocycles. The number of carbonyl (C=O) groups is 1. The number of aryl methyl sites for hydroxylation is 1. The number of ether oxygens (including phenoxy) is 2. The van der Waals surface area contributed by atoms with E-state index in [2.05, 4.69) is 25.7 Å². The number of nitrogens with zero attached hydrogens (tertiary/aromatic N) is 1. The molecule has 126 valence electrons. The Morgan fingerprint density at radius 3 is 2.23 bits per heavy atom. The predicted octanol–water partition coefficient (Wildman–Crippen LogP) is 3.79. The highest BCUT2D eigenvalue weighted by molar-refractivity contribution is 5.85. The Morgan fingerprint density at radius 1 is 1.18 bits per heavy atom. The van der Waals surface area contributed by atoms with Crippen LogP contribution in [-0.4, -0.2) is 37.6 Å². The van der Waals surface area contributed by atoms with Crippen molar-refractivity contribution in [1.29, 1.82) is 0 Å². The van der Waals surface area contributed by atoms with E-state index in [1.807, 2.05) is 33.2 Å². The number of rotatable bonds is 6. The molecule has 0 amide bonds. The highest BCUT2D eigenvalue weighted by Crippen LogP contribution is 2.33. The van der Waals surface area contributed by atoms with Crippen LogP contribution in [0.3, 0.4) is 0 Å². The van der Waals surface area contributed by atoms with Crippen LogP contribution in [0.1, 0.15) is 44.7 Å². The highest BCUT2D eigenvalue weighted by Gasteiger charge is 2.15. The summed E-state index contributed by atoms with van der Waals surface area (Å²) < 4.78 is 11.2. The Kier molecular flexibility index (Phi) is 8.49. The van der Waals surface area contributed by atoms with Crippen LogP contribution in [0.2, 0.25) is 0 Å². The molecule has 0 aromatic heterocycles. The molecule has 1 rings (SSSR count). The van der Waals surface area contributed by atoms with Crippen LogP contribution < -0.4 is 9.47 Å². The lowest BCUT2D eigenvalue weighted by atomic mass is 9.99. The third-order valence-corrected chi connectivity index (χ3v) is 3.54. The second-order valence-electron chi connectivity index (χ2n) is 6.03. The maximum absolute atomic E-state index is 11.2. The lowest BCUT2D eigenvalue weighted by molar-refractivity contribution is -0.131. The largest absolute Gasteiger partial charge is 0.492 e. The third-order valence-electron chi connectivity index (χ3n) is 3.54. The lowest BCUT2D eigenvalue weighted by Crippen LogP contribution is -2.30. The number of esters is 1. The molecular weight excluding hydrogens is 302 g/mol. The first-order chi connectivity index (χ1) is 9.72. The summed E-state index contributed by atoms with van der Waals surface area (Å²) in [5, 5.41) is 0. The Bertz CT molecular complexity index is 501. The fourth-order valence-electron chi connectivity index (χ4n) is 1.88. The van der Waals surface area contributed by atoms with Crippen molar-refractivity contribution in [3.63, 3.8) is 0 Å². The minimum Gasteiger partial charge on any atom is -0.492 e. The van der Waals surface area contributed by atoms with E-state index in [0.29, 0.717) is 24.3 Å². The highest BCUT2D eigenvalue weighted by atomic mass is 35.5. The average Bonchev–Trinajstić information content (AvgIpc) is 2.37. The van der Waals surface area contributed by atoms with E-state index in [4.69, 9.17) is 9.47 Å². The predicted molar refractivity (Wildman–Crippen MR) is 92.5 cm³/mol. The lowest BCUT2D eigenvalue weighted by Gasteiger charge is -2.22. The standard InChI is InChI=1S/C17H27NO3.ClH/c1-11(2)15-9-16(21-14(5)19)12(3)8-17(15)20-10-13(4)18(6)7;/h8-9,11,13H,10H2,1-7H3;1H. The van der Waals surface area contributed by atoms with Gasteiger partial charge in [0.15, 0.2) is 0 Å². The summed E-state index contributed by atoms with van der Waals surface area (Å²) in [6, 6.07) is 4.20. The SMILES string of the molecule is CC(=O)Oc1cc(C(C)C)c(OCC(C)N(C)C)cc1C.Cl. The maximum Gasteiger partial charge on any atom is 0.308 e.